The zero-order valence-electron chi connectivity index (χ0n) is 13.5. The number of aromatic nitrogens is 3. The molecule has 1 aliphatic heterocycles. The molecule has 1 saturated heterocycles. The van der Waals surface area contributed by atoms with E-state index in [1.807, 2.05) is 12.1 Å². The summed E-state index contributed by atoms with van der Waals surface area (Å²) in [6, 6.07) is 3.79. The summed E-state index contributed by atoms with van der Waals surface area (Å²) < 4.78 is 5.00. The Labute approximate surface area is 140 Å². The highest BCUT2D eigenvalue weighted by Gasteiger charge is 2.38. The van der Waals surface area contributed by atoms with Crippen molar-refractivity contribution in [2.75, 3.05) is 20.2 Å². The fourth-order valence-corrected chi connectivity index (χ4v) is 3.14. The van der Waals surface area contributed by atoms with Crippen LogP contribution in [0.25, 0.3) is 0 Å². The van der Waals surface area contributed by atoms with Crippen LogP contribution in [0, 0.1) is 5.92 Å². The molecule has 2 atom stereocenters. The van der Waals surface area contributed by atoms with Crippen LogP contribution < -0.4 is 0 Å². The van der Waals surface area contributed by atoms with Gasteiger partial charge in [-0.2, -0.15) is 0 Å². The van der Waals surface area contributed by atoms with Crippen LogP contribution in [0.4, 0.5) is 0 Å². The molecule has 3 rings (SSSR count). The molecular weight excluding hydrogens is 308 g/mol. The normalized spacial score (nSPS) is 21.0. The zero-order chi connectivity index (χ0) is 16.9. The lowest BCUT2D eigenvalue weighted by molar-refractivity contribution is -0.141. The van der Waals surface area contributed by atoms with E-state index in [4.69, 9.17) is 4.74 Å². The number of carboxylic acids is 1. The van der Waals surface area contributed by atoms with Crippen LogP contribution in [0.15, 0.2) is 36.9 Å². The van der Waals surface area contributed by atoms with Gasteiger partial charge >= 0.3 is 5.97 Å². The predicted molar refractivity (Wildman–Crippen MR) is 86.1 cm³/mol. The van der Waals surface area contributed by atoms with E-state index in [9.17, 15) is 9.90 Å². The Morgan fingerprint density at radius 3 is 2.62 bits per heavy atom. The van der Waals surface area contributed by atoms with E-state index >= 15 is 0 Å². The maximum atomic E-state index is 11.6. The second-order valence-electron chi connectivity index (χ2n) is 5.97. The molecule has 7 heteroatoms. The molecule has 24 heavy (non-hydrogen) atoms. The summed E-state index contributed by atoms with van der Waals surface area (Å²) in [7, 11) is 1.60. The predicted octanol–water partition coefficient (Wildman–Crippen LogP) is 1.32. The van der Waals surface area contributed by atoms with E-state index in [-0.39, 0.29) is 5.92 Å². The number of pyridine rings is 1. The van der Waals surface area contributed by atoms with E-state index in [0.29, 0.717) is 32.1 Å². The first-order chi connectivity index (χ1) is 11.7. The summed E-state index contributed by atoms with van der Waals surface area (Å²) in [5, 5.41) is 9.54. The Balaban J connectivity index is 1.70. The third-order valence-electron chi connectivity index (χ3n) is 4.29. The smallest absolute Gasteiger partial charge is 0.308 e. The number of ether oxygens (including phenoxy) is 1. The van der Waals surface area contributed by atoms with Crippen LogP contribution in [0.1, 0.15) is 22.9 Å². The minimum atomic E-state index is -0.758. The van der Waals surface area contributed by atoms with Crippen LogP contribution in [0.2, 0.25) is 0 Å². The highest BCUT2D eigenvalue weighted by atomic mass is 16.5. The Hall–Kier alpha value is -2.38. The van der Waals surface area contributed by atoms with Gasteiger partial charge in [-0.15, -0.1) is 0 Å². The molecule has 0 aromatic carbocycles. The fraction of sp³-hybridized carbons (Fsp3) is 0.412. The largest absolute Gasteiger partial charge is 0.481 e. The van der Waals surface area contributed by atoms with Crippen molar-refractivity contribution in [2.24, 2.45) is 5.92 Å². The van der Waals surface area contributed by atoms with Crippen molar-refractivity contribution in [1.29, 1.82) is 0 Å². The number of carbonyl (C=O) groups is 1. The second-order valence-corrected chi connectivity index (χ2v) is 5.97. The average molecular weight is 328 g/mol. The summed E-state index contributed by atoms with van der Waals surface area (Å²) in [5.41, 5.74) is 1.99. The molecule has 0 spiro atoms. The van der Waals surface area contributed by atoms with Gasteiger partial charge in [0.2, 0.25) is 0 Å². The van der Waals surface area contributed by atoms with Crippen LogP contribution in [0.5, 0.6) is 0 Å². The highest BCUT2D eigenvalue weighted by molar-refractivity contribution is 5.72. The molecule has 126 valence electrons. The number of rotatable bonds is 6. The number of carboxylic acid groups (broad SMARTS) is 1. The van der Waals surface area contributed by atoms with Gasteiger partial charge < -0.3 is 9.84 Å². The van der Waals surface area contributed by atoms with Gasteiger partial charge in [-0.25, -0.2) is 9.97 Å². The summed E-state index contributed by atoms with van der Waals surface area (Å²) >= 11 is 0. The number of nitrogens with zero attached hydrogens (tertiary/aromatic N) is 4. The van der Waals surface area contributed by atoms with E-state index in [1.54, 1.807) is 31.9 Å². The monoisotopic (exact) mass is 328 g/mol. The van der Waals surface area contributed by atoms with E-state index in [1.165, 1.54) is 0 Å². The van der Waals surface area contributed by atoms with E-state index in [0.717, 1.165) is 11.1 Å². The topological polar surface area (TPSA) is 88.4 Å². The lowest BCUT2D eigenvalue weighted by atomic mass is 9.90. The highest BCUT2D eigenvalue weighted by Crippen LogP contribution is 2.33. The van der Waals surface area contributed by atoms with Gasteiger partial charge in [-0.3, -0.25) is 14.7 Å². The summed E-state index contributed by atoms with van der Waals surface area (Å²) in [6.07, 6.45) is 6.96. The summed E-state index contributed by atoms with van der Waals surface area (Å²) in [5.74, 6) is -0.563. The number of methoxy groups -OCH3 is 1. The maximum Gasteiger partial charge on any atom is 0.308 e. The van der Waals surface area contributed by atoms with Crippen molar-refractivity contribution in [1.82, 2.24) is 19.9 Å². The standard InChI is InChI=1S/C17H20N4O3/c1-24-11-16-19-6-12(7-20-16)8-21-9-14(15(10-21)17(22)23)13-2-4-18-5-3-13/h2-7,14-15H,8-11H2,1H3,(H,22,23)/t14-,15+/m1/s1. The Kier molecular flexibility index (Phi) is 5.12. The molecule has 0 amide bonds. The molecule has 0 saturated carbocycles. The Morgan fingerprint density at radius 2 is 2.00 bits per heavy atom. The van der Waals surface area contributed by atoms with Crippen LogP contribution in [0.3, 0.4) is 0 Å². The minimum Gasteiger partial charge on any atom is -0.481 e. The third kappa shape index (κ3) is 3.74. The third-order valence-corrected chi connectivity index (χ3v) is 4.29. The molecule has 0 radical (unpaired) electrons. The number of aliphatic carboxylic acids is 1. The van der Waals surface area contributed by atoms with Crippen molar-refractivity contribution in [3.8, 4) is 0 Å². The van der Waals surface area contributed by atoms with Crippen molar-refractivity contribution in [3.05, 3.63) is 53.9 Å². The molecule has 3 heterocycles. The molecule has 7 nitrogen and oxygen atoms in total. The molecule has 1 fully saturated rings. The SMILES string of the molecule is COCc1ncc(CN2C[C@H](C(=O)O)[C@@H](c3ccncc3)C2)cn1. The first-order valence-corrected chi connectivity index (χ1v) is 7.81. The van der Waals surface area contributed by atoms with Gasteiger partial charge in [-0.1, -0.05) is 0 Å². The number of hydrogen-bond acceptors (Lipinski definition) is 6. The Morgan fingerprint density at radius 1 is 1.29 bits per heavy atom. The van der Waals surface area contributed by atoms with Gasteiger partial charge in [0, 0.05) is 63.0 Å². The van der Waals surface area contributed by atoms with Crippen LogP contribution in [-0.2, 0) is 22.7 Å². The van der Waals surface area contributed by atoms with Crippen molar-refractivity contribution in [2.45, 2.75) is 19.1 Å². The lowest BCUT2D eigenvalue weighted by Gasteiger charge is -2.16. The van der Waals surface area contributed by atoms with Gasteiger partial charge in [0.05, 0.1) is 5.92 Å². The lowest BCUT2D eigenvalue weighted by Crippen LogP contribution is -2.23. The summed E-state index contributed by atoms with van der Waals surface area (Å²) in [6.45, 7) is 2.23. The van der Waals surface area contributed by atoms with Gasteiger partial charge in [0.15, 0.2) is 5.82 Å². The first-order valence-electron chi connectivity index (χ1n) is 7.81. The summed E-state index contributed by atoms with van der Waals surface area (Å²) in [4.78, 5) is 26.3. The molecule has 0 unspecified atom stereocenters. The van der Waals surface area contributed by atoms with Gasteiger partial charge in [0.1, 0.15) is 6.61 Å². The average Bonchev–Trinajstić information content (AvgIpc) is 3.02. The quantitative estimate of drug-likeness (QED) is 0.855. The van der Waals surface area contributed by atoms with Crippen molar-refractivity contribution in [3.63, 3.8) is 0 Å². The molecule has 2 aromatic heterocycles. The molecule has 0 aliphatic carbocycles. The zero-order valence-corrected chi connectivity index (χ0v) is 13.5. The second kappa shape index (κ2) is 7.46. The molecule has 1 aliphatic rings. The molecular formula is C17H20N4O3. The van der Waals surface area contributed by atoms with Gasteiger partial charge in [0.25, 0.3) is 0 Å². The first kappa shape index (κ1) is 16.5. The fourth-order valence-electron chi connectivity index (χ4n) is 3.14. The number of hydrogen-bond donors (Lipinski definition) is 1. The van der Waals surface area contributed by atoms with Crippen molar-refractivity contribution >= 4 is 5.97 Å². The molecule has 1 N–H and O–H groups in total. The van der Waals surface area contributed by atoms with E-state index in [2.05, 4.69) is 19.9 Å². The van der Waals surface area contributed by atoms with Crippen LogP contribution in [-0.4, -0.2) is 51.1 Å². The van der Waals surface area contributed by atoms with Crippen LogP contribution >= 0.6 is 0 Å². The van der Waals surface area contributed by atoms with Crippen molar-refractivity contribution < 1.29 is 14.6 Å². The maximum absolute atomic E-state index is 11.6. The van der Waals surface area contributed by atoms with Gasteiger partial charge in [-0.05, 0) is 17.7 Å². The minimum absolute atomic E-state index is 0.0285. The molecule has 0 bridgehead atoms. The molecule has 2 aromatic rings. The number of likely N-dealkylation sites (tertiary alicyclic amines) is 1. The Bertz CT molecular complexity index is 678. The van der Waals surface area contributed by atoms with E-state index < -0.39 is 11.9 Å².